The van der Waals surface area contributed by atoms with Crippen LogP contribution in [0.1, 0.15) is 18.1 Å². The van der Waals surface area contributed by atoms with E-state index < -0.39 is 6.04 Å². The van der Waals surface area contributed by atoms with Gasteiger partial charge in [-0.25, -0.2) is 0 Å². The zero-order valence-corrected chi connectivity index (χ0v) is 15.7. The van der Waals surface area contributed by atoms with Crippen LogP contribution < -0.4 is 16.4 Å². The van der Waals surface area contributed by atoms with Crippen molar-refractivity contribution in [2.75, 3.05) is 14.1 Å². The number of amides is 2. The van der Waals surface area contributed by atoms with Crippen LogP contribution in [0.15, 0.2) is 60.7 Å². The second kappa shape index (κ2) is 11.8. The van der Waals surface area contributed by atoms with E-state index in [0.717, 1.165) is 12.0 Å². The van der Waals surface area contributed by atoms with E-state index in [4.69, 9.17) is 5.73 Å². The highest BCUT2D eigenvalue weighted by molar-refractivity contribution is 5.81. The maximum Gasteiger partial charge on any atom is 0.237 e. The summed E-state index contributed by atoms with van der Waals surface area (Å²) in [7, 11) is 3.26. The molecule has 0 saturated heterocycles. The van der Waals surface area contributed by atoms with Crippen LogP contribution in [-0.4, -0.2) is 32.0 Å². The minimum absolute atomic E-state index is 0.0485. The summed E-state index contributed by atoms with van der Waals surface area (Å²) in [5, 5.41) is 5.17. The lowest BCUT2D eigenvalue weighted by molar-refractivity contribution is -0.124. The molecule has 2 unspecified atom stereocenters. The number of rotatable bonds is 6. The Balaban J connectivity index is 0.000000260. The van der Waals surface area contributed by atoms with Crippen molar-refractivity contribution in [1.82, 2.24) is 10.6 Å². The van der Waals surface area contributed by atoms with Crippen LogP contribution in [0.4, 0.5) is 0 Å². The average Bonchev–Trinajstić information content (AvgIpc) is 2.68. The molecule has 0 radical (unpaired) electrons. The summed E-state index contributed by atoms with van der Waals surface area (Å²) in [6.45, 7) is 1.94. The van der Waals surface area contributed by atoms with Gasteiger partial charge in [0.05, 0.1) is 6.04 Å². The molecule has 5 nitrogen and oxygen atoms in total. The fourth-order valence-electron chi connectivity index (χ4n) is 2.45. The maximum absolute atomic E-state index is 11.2. The first kappa shape index (κ1) is 21.4. The van der Waals surface area contributed by atoms with Gasteiger partial charge in [-0.05, 0) is 24.0 Å². The highest BCUT2D eigenvalue weighted by Crippen LogP contribution is 2.07. The summed E-state index contributed by atoms with van der Waals surface area (Å²) < 4.78 is 0. The predicted octanol–water partition coefficient (Wildman–Crippen LogP) is 1.91. The number of carbonyl (C=O) groups excluding carboxylic acids is 2. The molecule has 0 fully saturated rings. The monoisotopic (exact) mass is 355 g/mol. The van der Waals surface area contributed by atoms with Crippen LogP contribution >= 0.6 is 0 Å². The standard InChI is InChI=1S/C11H15NO.C10H14N2O/c1-9(11(13)12-2)8-10-6-4-3-5-7-10;1-12-10(13)9(11)7-8-5-3-2-4-6-8/h3-7,9H,8H2,1-2H3,(H,12,13);2-6,9H,7,11H2,1H3,(H,12,13). The SMILES string of the molecule is CNC(=O)C(C)Cc1ccccc1.CNC(=O)C(N)Cc1ccccc1. The molecular weight excluding hydrogens is 326 g/mol. The minimum Gasteiger partial charge on any atom is -0.359 e. The van der Waals surface area contributed by atoms with Crippen molar-refractivity contribution >= 4 is 11.8 Å². The number of benzene rings is 2. The zero-order chi connectivity index (χ0) is 19.4. The van der Waals surface area contributed by atoms with Crippen LogP contribution in [0.2, 0.25) is 0 Å². The van der Waals surface area contributed by atoms with E-state index in [1.807, 2.05) is 67.6 Å². The third kappa shape index (κ3) is 7.94. The molecule has 0 spiro atoms. The Morgan fingerprint density at radius 2 is 1.23 bits per heavy atom. The molecule has 2 amide bonds. The first-order chi connectivity index (χ1) is 12.5. The normalized spacial score (nSPS) is 12.2. The van der Waals surface area contributed by atoms with Gasteiger partial charge in [0.2, 0.25) is 11.8 Å². The Kier molecular flexibility index (Phi) is 9.72. The van der Waals surface area contributed by atoms with E-state index in [1.54, 1.807) is 14.1 Å². The van der Waals surface area contributed by atoms with Gasteiger partial charge in [-0.1, -0.05) is 67.6 Å². The molecule has 2 atom stereocenters. The lowest BCUT2D eigenvalue weighted by Crippen LogP contribution is -2.40. The van der Waals surface area contributed by atoms with Crippen LogP contribution in [0, 0.1) is 5.92 Å². The molecule has 2 aromatic carbocycles. The Morgan fingerprint density at radius 1 is 0.808 bits per heavy atom. The zero-order valence-electron chi connectivity index (χ0n) is 15.7. The van der Waals surface area contributed by atoms with Gasteiger partial charge in [0, 0.05) is 20.0 Å². The fraction of sp³-hybridized carbons (Fsp3) is 0.333. The molecule has 4 N–H and O–H groups in total. The van der Waals surface area contributed by atoms with E-state index in [9.17, 15) is 9.59 Å². The fourth-order valence-corrected chi connectivity index (χ4v) is 2.45. The lowest BCUT2D eigenvalue weighted by Gasteiger charge is -2.09. The molecule has 2 rings (SSSR count). The Bertz CT molecular complexity index is 600. The molecule has 0 saturated carbocycles. The van der Waals surface area contributed by atoms with E-state index in [-0.39, 0.29) is 17.7 Å². The molecule has 0 bridgehead atoms. The molecule has 0 aliphatic carbocycles. The molecule has 0 aromatic heterocycles. The topological polar surface area (TPSA) is 84.2 Å². The van der Waals surface area contributed by atoms with Crippen LogP contribution in [0.5, 0.6) is 0 Å². The van der Waals surface area contributed by atoms with E-state index in [2.05, 4.69) is 10.6 Å². The van der Waals surface area contributed by atoms with E-state index in [0.29, 0.717) is 6.42 Å². The van der Waals surface area contributed by atoms with Crippen molar-refractivity contribution in [1.29, 1.82) is 0 Å². The molecule has 5 heteroatoms. The van der Waals surface area contributed by atoms with Crippen molar-refractivity contribution in [3.05, 3.63) is 71.8 Å². The largest absolute Gasteiger partial charge is 0.359 e. The van der Waals surface area contributed by atoms with Gasteiger partial charge in [0.15, 0.2) is 0 Å². The Labute approximate surface area is 156 Å². The molecular formula is C21H29N3O2. The summed E-state index contributed by atoms with van der Waals surface area (Å²) >= 11 is 0. The first-order valence-electron chi connectivity index (χ1n) is 8.74. The van der Waals surface area contributed by atoms with Crippen LogP contribution in [0.3, 0.4) is 0 Å². The van der Waals surface area contributed by atoms with Gasteiger partial charge < -0.3 is 16.4 Å². The molecule has 0 aliphatic rings. The van der Waals surface area contributed by atoms with Gasteiger partial charge in [0.1, 0.15) is 0 Å². The molecule has 0 heterocycles. The smallest absolute Gasteiger partial charge is 0.237 e. The lowest BCUT2D eigenvalue weighted by atomic mass is 10.0. The summed E-state index contributed by atoms with van der Waals surface area (Å²) in [4.78, 5) is 22.3. The first-order valence-corrected chi connectivity index (χ1v) is 8.74. The third-order valence-corrected chi connectivity index (χ3v) is 3.96. The van der Waals surface area contributed by atoms with Gasteiger partial charge in [-0.2, -0.15) is 0 Å². The highest BCUT2D eigenvalue weighted by Gasteiger charge is 2.11. The quantitative estimate of drug-likeness (QED) is 0.740. The summed E-state index contributed by atoms with van der Waals surface area (Å²) in [6, 6.07) is 19.3. The Morgan fingerprint density at radius 3 is 1.65 bits per heavy atom. The number of likely N-dealkylation sites (N-methyl/N-ethyl adjacent to an activating group) is 1. The van der Waals surface area contributed by atoms with Crippen molar-refractivity contribution in [3.63, 3.8) is 0 Å². The predicted molar refractivity (Wildman–Crippen MR) is 106 cm³/mol. The second-order valence-corrected chi connectivity index (χ2v) is 6.12. The summed E-state index contributed by atoms with van der Waals surface area (Å²) in [5.41, 5.74) is 7.94. The second-order valence-electron chi connectivity index (χ2n) is 6.12. The summed E-state index contributed by atoms with van der Waals surface area (Å²) in [5.74, 6) is 0.0279. The highest BCUT2D eigenvalue weighted by atomic mass is 16.2. The van der Waals surface area contributed by atoms with E-state index >= 15 is 0 Å². The number of nitrogens with one attached hydrogen (secondary N) is 2. The van der Waals surface area contributed by atoms with Gasteiger partial charge in [-0.15, -0.1) is 0 Å². The number of hydrogen-bond acceptors (Lipinski definition) is 3. The number of carbonyl (C=O) groups is 2. The van der Waals surface area contributed by atoms with Crippen molar-refractivity contribution in [2.24, 2.45) is 11.7 Å². The number of nitrogens with two attached hydrogens (primary N) is 1. The van der Waals surface area contributed by atoms with Crippen molar-refractivity contribution < 1.29 is 9.59 Å². The average molecular weight is 355 g/mol. The summed E-state index contributed by atoms with van der Waals surface area (Å²) in [6.07, 6.45) is 1.39. The van der Waals surface area contributed by atoms with Crippen molar-refractivity contribution in [3.8, 4) is 0 Å². The van der Waals surface area contributed by atoms with E-state index in [1.165, 1.54) is 5.56 Å². The minimum atomic E-state index is -0.451. The van der Waals surface area contributed by atoms with Gasteiger partial charge in [-0.3, -0.25) is 9.59 Å². The maximum atomic E-state index is 11.2. The van der Waals surface area contributed by atoms with Crippen LogP contribution in [-0.2, 0) is 22.4 Å². The third-order valence-electron chi connectivity index (χ3n) is 3.96. The molecule has 0 aliphatic heterocycles. The van der Waals surface area contributed by atoms with Crippen molar-refractivity contribution in [2.45, 2.75) is 25.8 Å². The Hall–Kier alpha value is -2.66. The molecule has 2 aromatic rings. The molecule has 26 heavy (non-hydrogen) atoms. The number of hydrogen-bond donors (Lipinski definition) is 3. The van der Waals surface area contributed by atoms with Gasteiger partial charge >= 0.3 is 0 Å². The molecule has 140 valence electrons. The van der Waals surface area contributed by atoms with Crippen LogP contribution in [0.25, 0.3) is 0 Å². The van der Waals surface area contributed by atoms with Gasteiger partial charge in [0.25, 0.3) is 0 Å².